The molecule has 0 bridgehead atoms. The largest absolute Gasteiger partial charge is 0.368 e. The van der Waals surface area contributed by atoms with Gasteiger partial charge >= 0.3 is 0 Å². The first-order valence-corrected chi connectivity index (χ1v) is 16.4. The Hall–Kier alpha value is -5.86. The minimum atomic E-state index is 0.314. The van der Waals surface area contributed by atoms with Crippen LogP contribution in [0.3, 0.4) is 0 Å². The second-order valence-corrected chi connectivity index (χ2v) is 12.2. The first-order valence-electron chi connectivity index (χ1n) is 16.4. The van der Waals surface area contributed by atoms with Crippen molar-refractivity contribution >= 4 is 49.9 Å². The molecular formula is C45H36N2. The maximum Gasteiger partial charge on any atom is 0.0540 e. The van der Waals surface area contributed by atoms with Crippen LogP contribution in [0.5, 0.6) is 0 Å². The van der Waals surface area contributed by atoms with Crippen molar-refractivity contribution in [2.45, 2.75) is 12.5 Å². The van der Waals surface area contributed by atoms with E-state index in [0.29, 0.717) is 6.04 Å². The topological polar surface area (TPSA) is 6.48 Å². The highest BCUT2D eigenvalue weighted by Crippen LogP contribution is 2.42. The van der Waals surface area contributed by atoms with Gasteiger partial charge in [0, 0.05) is 29.2 Å². The highest BCUT2D eigenvalue weighted by atomic mass is 15.1. The van der Waals surface area contributed by atoms with Gasteiger partial charge in [0.2, 0.25) is 0 Å². The number of rotatable bonds is 7. The average molecular weight is 605 g/mol. The van der Waals surface area contributed by atoms with Crippen LogP contribution >= 0.6 is 0 Å². The molecular weight excluding hydrogens is 569 g/mol. The summed E-state index contributed by atoms with van der Waals surface area (Å²) in [6.45, 7) is 0. The van der Waals surface area contributed by atoms with Gasteiger partial charge in [0.25, 0.3) is 0 Å². The Morgan fingerprint density at radius 1 is 0.468 bits per heavy atom. The van der Waals surface area contributed by atoms with Crippen LogP contribution in [0.15, 0.2) is 182 Å². The van der Waals surface area contributed by atoms with Crippen LogP contribution < -0.4 is 9.80 Å². The molecule has 7 aromatic carbocycles. The van der Waals surface area contributed by atoms with Gasteiger partial charge in [0.15, 0.2) is 0 Å². The van der Waals surface area contributed by atoms with Gasteiger partial charge in [-0.3, -0.25) is 0 Å². The van der Waals surface area contributed by atoms with Gasteiger partial charge in [-0.15, -0.1) is 0 Å². The summed E-state index contributed by atoms with van der Waals surface area (Å²) in [4.78, 5) is 4.78. The van der Waals surface area contributed by atoms with Crippen LogP contribution in [0.4, 0.5) is 22.7 Å². The maximum absolute atomic E-state index is 2.41. The van der Waals surface area contributed by atoms with Crippen LogP contribution in [0, 0.1) is 0 Å². The van der Waals surface area contributed by atoms with E-state index in [9.17, 15) is 0 Å². The molecule has 0 spiro atoms. The van der Waals surface area contributed by atoms with Crippen molar-refractivity contribution in [3.05, 3.63) is 188 Å². The maximum atomic E-state index is 2.41. The first-order chi connectivity index (χ1) is 23.2. The molecule has 0 saturated carbocycles. The summed E-state index contributed by atoms with van der Waals surface area (Å²) >= 11 is 0. The average Bonchev–Trinajstić information content (AvgIpc) is 3.16. The van der Waals surface area contributed by atoms with E-state index in [4.69, 9.17) is 0 Å². The zero-order chi connectivity index (χ0) is 31.6. The molecule has 0 N–H and O–H groups in total. The highest BCUT2D eigenvalue weighted by molar-refractivity contribution is 6.04. The number of fused-ring (bicyclic) bond motifs is 2. The number of benzene rings is 7. The molecule has 0 heterocycles. The van der Waals surface area contributed by atoms with Crippen LogP contribution in [0.25, 0.3) is 38.2 Å². The molecule has 0 saturated heterocycles. The smallest absolute Gasteiger partial charge is 0.0540 e. The lowest BCUT2D eigenvalue weighted by Gasteiger charge is -2.30. The third-order valence-corrected chi connectivity index (χ3v) is 9.43. The third kappa shape index (κ3) is 5.60. The van der Waals surface area contributed by atoms with Crippen LogP contribution in [0.1, 0.15) is 12.0 Å². The fourth-order valence-corrected chi connectivity index (χ4v) is 6.84. The molecule has 1 unspecified atom stereocenters. The molecule has 0 fully saturated rings. The lowest BCUT2D eigenvalue weighted by molar-refractivity contribution is 0.755. The summed E-state index contributed by atoms with van der Waals surface area (Å²) in [7, 11) is 2.19. The molecule has 0 aliphatic heterocycles. The zero-order valence-corrected chi connectivity index (χ0v) is 26.5. The zero-order valence-electron chi connectivity index (χ0n) is 26.5. The summed E-state index contributed by atoms with van der Waals surface area (Å²) in [6.07, 6.45) is 7.96. The monoisotopic (exact) mass is 604 g/mol. The van der Waals surface area contributed by atoms with Crippen molar-refractivity contribution < 1.29 is 0 Å². The number of allylic oxidation sites excluding steroid dienone is 2. The summed E-state index contributed by atoms with van der Waals surface area (Å²) in [6, 6.07) is 59.3. The Morgan fingerprint density at radius 2 is 0.979 bits per heavy atom. The summed E-state index contributed by atoms with van der Waals surface area (Å²) in [5.41, 5.74) is 9.69. The van der Waals surface area contributed by atoms with Crippen molar-refractivity contribution in [1.29, 1.82) is 0 Å². The van der Waals surface area contributed by atoms with Crippen molar-refractivity contribution in [3.63, 3.8) is 0 Å². The number of likely N-dealkylation sites (N-methyl/N-ethyl adjacent to an activating group) is 1. The fourth-order valence-electron chi connectivity index (χ4n) is 6.84. The third-order valence-electron chi connectivity index (χ3n) is 9.43. The second-order valence-electron chi connectivity index (χ2n) is 12.2. The normalized spacial score (nSPS) is 14.2. The van der Waals surface area contributed by atoms with Crippen LogP contribution in [-0.4, -0.2) is 13.1 Å². The van der Waals surface area contributed by atoms with E-state index in [1.807, 2.05) is 0 Å². The molecule has 2 nitrogen and oxygen atoms in total. The minimum absolute atomic E-state index is 0.314. The van der Waals surface area contributed by atoms with E-state index < -0.39 is 0 Å². The number of anilines is 4. The lowest BCUT2D eigenvalue weighted by atomic mass is 9.95. The van der Waals surface area contributed by atoms with E-state index in [1.54, 1.807) is 0 Å². The molecule has 1 atom stereocenters. The minimum Gasteiger partial charge on any atom is -0.368 e. The highest BCUT2D eigenvalue weighted by Gasteiger charge is 2.19. The Morgan fingerprint density at radius 3 is 1.57 bits per heavy atom. The van der Waals surface area contributed by atoms with E-state index in [0.717, 1.165) is 12.1 Å². The van der Waals surface area contributed by atoms with Gasteiger partial charge in [-0.1, -0.05) is 146 Å². The SMILES string of the molecule is CN(c1ccc(-c2ccccc2)cc1)C1C=CC(c2ccc(N(c3cccc4ccccc34)c3cccc4ccccc34)cc2)=CC1. The van der Waals surface area contributed by atoms with Crippen molar-refractivity contribution in [3.8, 4) is 11.1 Å². The molecule has 2 heteroatoms. The summed E-state index contributed by atoms with van der Waals surface area (Å²) in [5.74, 6) is 0. The molecule has 0 amide bonds. The molecule has 0 radical (unpaired) electrons. The quantitative estimate of drug-likeness (QED) is 0.179. The van der Waals surface area contributed by atoms with E-state index in [1.165, 1.54) is 60.9 Å². The molecule has 0 aromatic heterocycles. The first kappa shape index (κ1) is 28.6. The van der Waals surface area contributed by atoms with Gasteiger partial charge in [0.05, 0.1) is 17.4 Å². The lowest BCUT2D eigenvalue weighted by Crippen LogP contribution is -2.30. The van der Waals surface area contributed by atoms with Crippen molar-refractivity contribution in [1.82, 2.24) is 0 Å². The van der Waals surface area contributed by atoms with Gasteiger partial charge in [-0.2, -0.15) is 0 Å². The van der Waals surface area contributed by atoms with Gasteiger partial charge < -0.3 is 9.80 Å². The van der Waals surface area contributed by atoms with Gasteiger partial charge in [-0.25, -0.2) is 0 Å². The number of hydrogen-bond donors (Lipinski definition) is 0. The molecule has 7 aromatic rings. The summed E-state index contributed by atoms with van der Waals surface area (Å²) in [5, 5.41) is 4.93. The Balaban J connectivity index is 1.07. The van der Waals surface area contributed by atoms with Gasteiger partial charge in [0.1, 0.15) is 0 Å². The van der Waals surface area contributed by atoms with Crippen LogP contribution in [0.2, 0.25) is 0 Å². The Kier molecular flexibility index (Phi) is 7.61. The predicted molar refractivity (Wildman–Crippen MR) is 202 cm³/mol. The van der Waals surface area contributed by atoms with E-state index in [2.05, 4.69) is 199 Å². The molecule has 226 valence electrons. The number of hydrogen-bond acceptors (Lipinski definition) is 2. The predicted octanol–water partition coefficient (Wildman–Crippen LogP) is 12.0. The van der Waals surface area contributed by atoms with E-state index >= 15 is 0 Å². The van der Waals surface area contributed by atoms with Crippen LogP contribution in [-0.2, 0) is 0 Å². The summed E-state index contributed by atoms with van der Waals surface area (Å²) < 4.78 is 0. The second kappa shape index (κ2) is 12.5. The van der Waals surface area contributed by atoms with Crippen molar-refractivity contribution in [2.75, 3.05) is 16.8 Å². The van der Waals surface area contributed by atoms with E-state index in [-0.39, 0.29) is 0 Å². The molecule has 1 aliphatic rings. The molecule has 8 rings (SSSR count). The fraction of sp³-hybridized carbons (Fsp3) is 0.0667. The Labute approximate surface area is 277 Å². The standard InChI is InChI=1S/C45H36N2/c1-46(39-27-21-34(22-28-39)33-11-3-2-4-12-33)40-29-23-35(24-30-40)36-25-31-41(32-26-36)47(44-19-9-15-37-13-5-7-17-42(37)44)45-20-10-16-38-14-6-8-18-43(38)45/h2-29,31-32,40H,30H2,1H3. The molecule has 47 heavy (non-hydrogen) atoms. The molecule has 1 aliphatic carbocycles. The van der Waals surface area contributed by atoms with Crippen molar-refractivity contribution in [2.24, 2.45) is 0 Å². The number of nitrogens with zero attached hydrogens (tertiary/aromatic N) is 2. The Bertz CT molecular complexity index is 2140. The van der Waals surface area contributed by atoms with Gasteiger partial charge in [-0.05, 0) is 75.9 Å².